The Bertz CT molecular complexity index is 1120. The second-order valence-corrected chi connectivity index (χ2v) is 9.25. The molecule has 3 rings (SSSR count). The lowest BCUT2D eigenvalue weighted by molar-refractivity contribution is -0.137. The predicted molar refractivity (Wildman–Crippen MR) is 104 cm³/mol. The van der Waals surface area contributed by atoms with Crippen LogP contribution in [0.25, 0.3) is 4.85 Å². The fraction of sp³-hybridized carbons (Fsp3) is 0.316. The van der Waals surface area contributed by atoms with Crippen molar-refractivity contribution in [1.29, 1.82) is 0 Å². The maximum absolute atomic E-state index is 13.1. The lowest BCUT2D eigenvalue weighted by Crippen LogP contribution is -2.48. The minimum absolute atomic E-state index is 0.261. The highest BCUT2D eigenvalue weighted by Gasteiger charge is 2.51. The summed E-state index contributed by atoms with van der Waals surface area (Å²) in [6.07, 6.45) is -5.93. The van der Waals surface area contributed by atoms with Crippen molar-refractivity contribution >= 4 is 27.3 Å². The van der Waals surface area contributed by atoms with Crippen molar-refractivity contribution in [1.82, 2.24) is 4.31 Å². The predicted octanol–water partition coefficient (Wildman–Crippen LogP) is 3.08. The fourth-order valence-corrected chi connectivity index (χ4v) is 4.86. The van der Waals surface area contributed by atoms with Crippen LogP contribution in [-0.4, -0.2) is 54.3 Å². The van der Waals surface area contributed by atoms with E-state index in [0.29, 0.717) is 23.2 Å². The average molecular weight is 477 g/mol. The average Bonchev–Trinajstić information content (AvgIpc) is 3.06. The van der Waals surface area contributed by atoms with Gasteiger partial charge in [-0.25, -0.2) is 13.3 Å². The number of aliphatic hydroxyl groups is 2. The molecule has 7 nitrogen and oxygen atoms in total. The third kappa shape index (κ3) is 4.63. The van der Waals surface area contributed by atoms with Crippen molar-refractivity contribution in [2.24, 2.45) is 0 Å². The van der Waals surface area contributed by atoms with Crippen LogP contribution in [0.2, 0.25) is 5.02 Å². The number of ether oxygens (including phenoxy) is 1. The van der Waals surface area contributed by atoms with E-state index in [-0.39, 0.29) is 5.75 Å². The minimum atomic E-state index is -4.75. The summed E-state index contributed by atoms with van der Waals surface area (Å²) < 4.78 is 71.3. The van der Waals surface area contributed by atoms with Crippen LogP contribution < -0.4 is 4.74 Å². The molecule has 0 aliphatic carbocycles. The van der Waals surface area contributed by atoms with E-state index >= 15 is 0 Å². The first-order valence-electron chi connectivity index (χ1n) is 8.75. The third-order valence-corrected chi connectivity index (χ3v) is 6.92. The Kier molecular flexibility index (Phi) is 6.23. The van der Waals surface area contributed by atoms with Gasteiger partial charge in [-0.05, 0) is 30.3 Å². The van der Waals surface area contributed by atoms with Gasteiger partial charge in [-0.1, -0.05) is 23.7 Å². The number of hydrogen-bond donors (Lipinski definition) is 2. The van der Waals surface area contributed by atoms with Crippen LogP contribution in [-0.2, 0) is 16.2 Å². The molecule has 1 heterocycles. The quantitative estimate of drug-likeness (QED) is 0.647. The van der Waals surface area contributed by atoms with Gasteiger partial charge in [0, 0.05) is 17.1 Å². The molecule has 0 bridgehead atoms. The van der Waals surface area contributed by atoms with Gasteiger partial charge in [-0.2, -0.15) is 17.5 Å². The number of alkyl halides is 3. The number of β-amino-alcohol motifs (C(OH)–C–C–N with tert-alkyl or cyclic N) is 1. The second kappa shape index (κ2) is 8.29. The summed E-state index contributed by atoms with van der Waals surface area (Å²) in [6.45, 7) is 5.29. The first kappa shape index (κ1) is 23.3. The Morgan fingerprint density at radius 2 is 1.90 bits per heavy atom. The molecule has 0 aromatic heterocycles. The smallest absolute Gasteiger partial charge is 0.415 e. The van der Waals surface area contributed by atoms with Gasteiger partial charge in [0.1, 0.15) is 17.5 Å². The van der Waals surface area contributed by atoms with E-state index in [1.165, 1.54) is 24.3 Å². The largest absolute Gasteiger partial charge is 0.486 e. The third-order valence-electron chi connectivity index (χ3n) is 4.81. The molecule has 1 aliphatic heterocycles. The zero-order chi connectivity index (χ0) is 23.0. The van der Waals surface area contributed by atoms with Crippen molar-refractivity contribution in [2.45, 2.75) is 22.8 Å². The first-order valence-corrected chi connectivity index (χ1v) is 10.6. The lowest BCUT2D eigenvalue weighted by atomic mass is 10.0. The summed E-state index contributed by atoms with van der Waals surface area (Å²) in [5.41, 5.74) is -3.84. The number of sulfonamides is 1. The normalized spacial score (nSPS) is 22.3. The maximum atomic E-state index is 13.1. The van der Waals surface area contributed by atoms with Crippen LogP contribution >= 0.6 is 11.6 Å². The number of hydrogen-bond acceptors (Lipinski definition) is 5. The van der Waals surface area contributed by atoms with Crippen molar-refractivity contribution in [2.75, 3.05) is 19.7 Å². The molecule has 166 valence electrons. The van der Waals surface area contributed by atoms with Crippen molar-refractivity contribution in [3.8, 4) is 5.75 Å². The number of nitrogens with zero attached hydrogens (tertiary/aromatic N) is 2. The Morgan fingerprint density at radius 3 is 2.45 bits per heavy atom. The van der Waals surface area contributed by atoms with Crippen LogP contribution in [0.5, 0.6) is 5.75 Å². The van der Waals surface area contributed by atoms with E-state index in [1.54, 1.807) is 0 Å². The molecule has 2 atom stereocenters. The molecule has 2 N–H and O–H groups in total. The highest BCUT2D eigenvalue weighted by Crippen LogP contribution is 2.38. The molecule has 2 aromatic rings. The molecule has 1 aliphatic rings. The fourth-order valence-electron chi connectivity index (χ4n) is 3.12. The minimum Gasteiger partial charge on any atom is -0.486 e. The van der Waals surface area contributed by atoms with Gasteiger partial charge in [0.05, 0.1) is 24.6 Å². The topological polar surface area (TPSA) is 91.4 Å². The summed E-state index contributed by atoms with van der Waals surface area (Å²) >= 11 is 5.80. The Balaban J connectivity index is 1.93. The first-order chi connectivity index (χ1) is 14.4. The van der Waals surface area contributed by atoms with Crippen LogP contribution in [0.1, 0.15) is 5.56 Å². The zero-order valence-electron chi connectivity index (χ0n) is 15.7. The highest BCUT2D eigenvalue weighted by molar-refractivity contribution is 7.89. The van der Waals surface area contributed by atoms with Gasteiger partial charge in [-0.3, -0.25) is 0 Å². The number of halogens is 4. The van der Waals surface area contributed by atoms with Crippen LogP contribution in [0.15, 0.2) is 47.4 Å². The SMILES string of the molecule is [C-]#[N+]c1cc(C(F)(F)F)ccc1S(=O)(=O)N1C[C@H](Oc2ccc(Cl)cc2)[C@](O)(CO)C1. The molecule has 0 spiro atoms. The summed E-state index contributed by atoms with van der Waals surface area (Å²) in [5.74, 6) is 0.261. The molecule has 12 heteroatoms. The molecule has 0 saturated carbocycles. The van der Waals surface area contributed by atoms with Gasteiger partial charge in [0.2, 0.25) is 15.7 Å². The lowest BCUT2D eigenvalue weighted by Gasteiger charge is -2.27. The van der Waals surface area contributed by atoms with Gasteiger partial charge < -0.3 is 14.9 Å². The van der Waals surface area contributed by atoms with E-state index in [9.17, 15) is 31.8 Å². The maximum Gasteiger partial charge on any atom is 0.415 e. The molecule has 1 fully saturated rings. The molecule has 0 radical (unpaired) electrons. The number of rotatable bonds is 5. The summed E-state index contributed by atoms with van der Waals surface area (Å²) in [7, 11) is -4.48. The second-order valence-electron chi connectivity index (χ2n) is 6.91. The molecule has 0 unspecified atom stereocenters. The van der Waals surface area contributed by atoms with E-state index in [0.717, 1.165) is 4.31 Å². The highest BCUT2D eigenvalue weighted by atomic mass is 35.5. The summed E-state index contributed by atoms with van der Waals surface area (Å²) in [5, 5.41) is 20.8. The van der Waals surface area contributed by atoms with Crippen molar-refractivity contribution in [3.05, 3.63) is 64.5 Å². The van der Waals surface area contributed by atoms with E-state index < -0.39 is 63.7 Å². The molecular weight excluding hydrogens is 461 g/mol. The van der Waals surface area contributed by atoms with Crippen LogP contribution in [0.4, 0.5) is 18.9 Å². The van der Waals surface area contributed by atoms with Crippen LogP contribution in [0.3, 0.4) is 0 Å². The standard InChI is InChI=1S/C19H16ClF3N2O5S/c1-24-15-8-12(19(21,22)23)2-7-16(15)31(28,29)25-9-17(18(27,10-25)11-26)30-14-5-3-13(20)4-6-14/h2-8,17,26-27H,9-11H2/t17-,18+/m0/s1. The van der Waals surface area contributed by atoms with Gasteiger partial charge in [-0.15, -0.1) is 0 Å². The van der Waals surface area contributed by atoms with Gasteiger partial charge in [0.25, 0.3) is 0 Å². The van der Waals surface area contributed by atoms with E-state index in [2.05, 4.69) is 4.85 Å². The zero-order valence-corrected chi connectivity index (χ0v) is 17.2. The Hall–Kier alpha value is -2.36. The van der Waals surface area contributed by atoms with E-state index in [4.69, 9.17) is 22.9 Å². The van der Waals surface area contributed by atoms with Gasteiger partial charge in [0.15, 0.2) is 0 Å². The molecule has 0 amide bonds. The molecule has 1 saturated heterocycles. The molecule has 2 aromatic carbocycles. The van der Waals surface area contributed by atoms with Crippen molar-refractivity contribution in [3.63, 3.8) is 0 Å². The number of aliphatic hydroxyl groups excluding tert-OH is 1. The summed E-state index contributed by atoms with van der Waals surface area (Å²) in [4.78, 5) is 2.29. The monoisotopic (exact) mass is 476 g/mol. The van der Waals surface area contributed by atoms with Crippen LogP contribution in [0, 0.1) is 6.57 Å². The number of benzene rings is 2. The Labute approximate surface area is 181 Å². The van der Waals surface area contributed by atoms with Crippen molar-refractivity contribution < 1.29 is 36.5 Å². The summed E-state index contributed by atoms with van der Waals surface area (Å²) in [6, 6.07) is 7.74. The molecular formula is C19H16ClF3N2O5S. The molecule has 31 heavy (non-hydrogen) atoms. The van der Waals surface area contributed by atoms with E-state index in [1.807, 2.05) is 0 Å². The Morgan fingerprint density at radius 1 is 1.26 bits per heavy atom. The van der Waals surface area contributed by atoms with Gasteiger partial charge >= 0.3 is 6.18 Å².